The van der Waals surface area contributed by atoms with E-state index in [4.69, 9.17) is 4.74 Å². The van der Waals surface area contributed by atoms with Gasteiger partial charge in [-0.25, -0.2) is 5.43 Å². The molecule has 2 aromatic carbocycles. The fraction of sp³-hybridized carbons (Fsp3) is 0.391. The zero-order chi connectivity index (χ0) is 21.4. The summed E-state index contributed by atoms with van der Waals surface area (Å²) in [4.78, 5) is 14.4. The first-order chi connectivity index (χ1) is 13.8. The Labute approximate surface area is 182 Å². The van der Waals surface area contributed by atoms with Crippen LogP contribution in [0, 0.1) is 6.92 Å². The van der Waals surface area contributed by atoms with Gasteiger partial charge in [0.1, 0.15) is 5.75 Å². The molecule has 0 aliphatic rings. The number of rotatable bonds is 9. The molecular formula is C23H30BrN3O2. The van der Waals surface area contributed by atoms with Crippen molar-refractivity contribution in [3.8, 4) is 5.75 Å². The Bertz CT molecular complexity index is 844. The molecule has 0 aliphatic heterocycles. The average molecular weight is 460 g/mol. The molecule has 1 amide bonds. The summed E-state index contributed by atoms with van der Waals surface area (Å²) in [6, 6.07) is 12.1. The summed E-state index contributed by atoms with van der Waals surface area (Å²) in [6.45, 7) is 12.3. The summed E-state index contributed by atoms with van der Waals surface area (Å²) in [7, 11) is 0. The van der Waals surface area contributed by atoms with Crippen molar-refractivity contribution in [2.24, 2.45) is 5.10 Å². The number of hydrogen-bond acceptors (Lipinski definition) is 4. The third-order valence-electron chi connectivity index (χ3n) is 4.70. The summed E-state index contributed by atoms with van der Waals surface area (Å²) in [5.74, 6) is 0.727. The van der Waals surface area contributed by atoms with Crippen molar-refractivity contribution < 1.29 is 9.53 Å². The van der Waals surface area contributed by atoms with E-state index in [1.807, 2.05) is 31.2 Å². The fourth-order valence-corrected chi connectivity index (χ4v) is 3.32. The molecule has 0 unspecified atom stereocenters. The van der Waals surface area contributed by atoms with E-state index in [0.717, 1.165) is 40.0 Å². The molecule has 1 N–H and O–H groups in total. The first-order valence-corrected chi connectivity index (χ1v) is 10.7. The van der Waals surface area contributed by atoms with Crippen LogP contribution >= 0.6 is 15.9 Å². The van der Waals surface area contributed by atoms with Gasteiger partial charge in [-0.15, -0.1) is 0 Å². The largest absolute Gasteiger partial charge is 0.483 e. The molecule has 0 bridgehead atoms. The highest BCUT2D eigenvalue weighted by Gasteiger charge is 2.12. The van der Waals surface area contributed by atoms with E-state index in [0.29, 0.717) is 5.92 Å². The first kappa shape index (κ1) is 22.9. The van der Waals surface area contributed by atoms with Gasteiger partial charge in [0.15, 0.2) is 6.61 Å². The van der Waals surface area contributed by atoms with Crippen LogP contribution in [0.1, 0.15) is 50.3 Å². The van der Waals surface area contributed by atoms with Crippen LogP contribution in [-0.2, 0) is 4.79 Å². The summed E-state index contributed by atoms with van der Waals surface area (Å²) in [5, 5.41) is 4.03. The highest BCUT2D eigenvalue weighted by Crippen LogP contribution is 2.32. The predicted octanol–water partition coefficient (Wildman–Crippen LogP) is 5.26. The van der Waals surface area contributed by atoms with Crippen LogP contribution < -0.4 is 15.1 Å². The molecule has 0 radical (unpaired) electrons. The number of nitrogens with one attached hydrogen (secondary N) is 1. The van der Waals surface area contributed by atoms with Crippen LogP contribution in [0.4, 0.5) is 5.69 Å². The summed E-state index contributed by atoms with van der Waals surface area (Å²) in [6.07, 6.45) is 1.63. The number of benzene rings is 2. The number of anilines is 1. The number of carbonyl (C=O) groups excluding carboxylic acids is 1. The third kappa shape index (κ3) is 6.60. The summed E-state index contributed by atoms with van der Waals surface area (Å²) >= 11 is 3.55. The van der Waals surface area contributed by atoms with Crippen LogP contribution in [0.5, 0.6) is 5.75 Å². The Morgan fingerprint density at radius 1 is 1.21 bits per heavy atom. The smallest absolute Gasteiger partial charge is 0.277 e. The minimum atomic E-state index is -0.295. The topological polar surface area (TPSA) is 53.9 Å². The molecule has 2 aromatic rings. The zero-order valence-corrected chi connectivity index (χ0v) is 19.4. The second kappa shape index (κ2) is 11.0. The van der Waals surface area contributed by atoms with Gasteiger partial charge in [-0.05, 0) is 67.6 Å². The minimum Gasteiger partial charge on any atom is -0.483 e. The number of halogens is 1. The van der Waals surface area contributed by atoms with Gasteiger partial charge in [-0.1, -0.05) is 41.9 Å². The third-order valence-corrected chi connectivity index (χ3v) is 5.55. The van der Waals surface area contributed by atoms with E-state index >= 15 is 0 Å². The van der Waals surface area contributed by atoms with Gasteiger partial charge in [0.2, 0.25) is 0 Å². The summed E-state index contributed by atoms with van der Waals surface area (Å²) in [5.41, 5.74) is 6.75. The van der Waals surface area contributed by atoms with E-state index in [9.17, 15) is 4.79 Å². The molecule has 0 atom stereocenters. The van der Waals surface area contributed by atoms with Crippen molar-refractivity contribution in [2.45, 2.75) is 40.5 Å². The van der Waals surface area contributed by atoms with Crippen molar-refractivity contribution in [1.82, 2.24) is 5.43 Å². The molecule has 0 aromatic heterocycles. The Hall–Kier alpha value is -2.34. The van der Waals surface area contributed by atoms with Gasteiger partial charge in [0.05, 0.1) is 6.21 Å². The Morgan fingerprint density at radius 3 is 2.45 bits per heavy atom. The van der Waals surface area contributed by atoms with Crippen LogP contribution in [0.15, 0.2) is 46.0 Å². The van der Waals surface area contributed by atoms with Gasteiger partial charge in [0.25, 0.3) is 5.91 Å². The van der Waals surface area contributed by atoms with Gasteiger partial charge in [0, 0.05) is 23.2 Å². The number of hydrogen-bond donors (Lipinski definition) is 1. The number of aryl methyl sites for hydroxylation is 1. The van der Waals surface area contributed by atoms with Gasteiger partial charge < -0.3 is 9.64 Å². The van der Waals surface area contributed by atoms with E-state index in [-0.39, 0.29) is 12.5 Å². The Balaban J connectivity index is 1.91. The van der Waals surface area contributed by atoms with E-state index in [1.54, 1.807) is 6.21 Å². The van der Waals surface area contributed by atoms with Gasteiger partial charge in [-0.3, -0.25) is 4.79 Å². The molecular weight excluding hydrogens is 430 g/mol. The van der Waals surface area contributed by atoms with E-state index in [1.165, 1.54) is 5.69 Å². The number of hydrazone groups is 1. The van der Waals surface area contributed by atoms with Gasteiger partial charge >= 0.3 is 0 Å². The molecule has 156 valence electrons. The Kier molecular flexibility index (Phi) is 8.70. The molecule has 0 saturated carbocycles. The molecule has 0 aliphatic carbocycles. The molecule has 0 saturated heterocycles. The normalized spacial score (nSPS) is 11.1. The molecule has 29 heavy (non-hydrogen) atoms. The SMILES string of the molecule is CCN(CC)c1ccc(/C=N\NC(=O)COc2cc(C)c(Br)cc2C(C)C)cc1. The standard InChI is InChI=1S/C23H30BrN3O2/c1-6-27(7-2)19-10-8-18(9-11-19)14-25-26-23(28)15-29-22-12-17(5)21(24)13-20(22)16(3)4/h8-14,16H,6-7,15H2,1-5H3,(H,26,28)/b25-14-. The lowest BCUT2D eigenvalue weighted by Gasteiger charge is -2.20. The first-order valence-electron chi connectivity index (χ1n) is 9.95. The van der Waals surface area contributed by atoms with Crippen LogP contribution in [0.25, 0.3) is 0 Å². The number of ether oxygens (including phenoxy) is 1. The molecule has 5 nitrogen and oxygen atoms in total. The average Bonchev–Trinajstić information content (AvgIpc) is 2.70. The molecule has 0 fully saturated rings. The Morgan fingerprint density at radius 2 is 1.86 bits per heavy atom. The summed E-state index contributed by atoms with van der Waals surface area (Å²) < 4.78 is 6.79. The highest BCUT2D eigenvalue weighted by molar-refractivity contribution is 9.10. The number of nitrogens with zero attached hydrogens (tertiary/aromatic N) is 2. The van der Waals surface area contributed by atoms with E-state index in [2.05, 4.69) is 71.2 Å². The maximum Gasteiger partial charge on any atom is 0.277 e. The lowest BCUT2D eigenvalue weighted by atomic mass is 10.0. The van der Waals surface area contributed by atoms with Gasteiger partial charge in [-0.2, -0.15) is 5.10 Å². The maximum absolute atomic E-state index is 12.1. The van der Waals surface area contributed by atoms with Crippen molar-refractivity contribution in [1.29, 1.82) is 0 Å². The van der Waals surface area contributed by atoms with E-state index < -0.39 is 0 Å². The second-order valence-electron chi connectivity index (χ2n) is 7.14. The maximum atomic E-state index is 12.1. The van der Waals surface area contributed by atoms with Crippen LogP contribution in [-0.4, -0.2) is 31.8 Å². The lowest BCUT2D eigenvalue weighted by Crippen LogP contribution is -2.25. The van der Waals surface area contributed by atoms with Crippen molar-refractivity contribution >= 4 is 33.7 Å². The quantitative estimate of drug-likeness (QED) is 0.411. The monoisotopic (exact) mass is 459 g/mol. The molecule has 2 rings (SSSR count). The van der Waals surface area contributed by atoms with Crippen molar-refractivity contribution in [3.63, 3.8) is 0 Å². The zero-order valence-electron chi connectivity index (χ0n) is 17.8. The molecule has 6 heteroatoms. The van der Waals surface area contributed by atoms with Crippen LogP contribution in [0.3, 0.4) is 0 Å². The fourth-order valence-electron chi connectivity index (χ4n) is 2.96. The molecule has 0 spiro atoms. The molecule has 0 heterocycles. The second-order valence-corrected chi connectivity index (χ2v) is 7.99. The predicted molar refractivity (Wildman–Crippen MR) is 124 cm³/mol. The minimum absolute atomic E-state index is 0.0843. The lowest BCUT2D eigenvalue weighted by molar-refractivity contribution is -0.123. The number of carbonyl (C=O) groups is 1. The number of amides is 1. The van der Waals surface area contributed by atoms with Crippen molar-refractivity contribution in [2.75, 3.05) is 24.6 Å². The highest BCUT2D eigenvalue weighted by atomic mass is 79.9. The van der Waals surface area contributed by atoms with Crippen molar-refractivity contribution in [3.05, 3.63) is 57.6 Å². The van der Waals surface area contributed by atoms with Crippen LogP contribution in [0.2, 0.25) is 0 Å².